The lowest BCUT2D eigenvalue weighted by Gasteiger charge is -2.14. The molecule has 1 aromatic heterocycles. The highest BCUT2D eigenvalue weighted by Gasteiger charge is 2.15. The Kier molecular flexibility index (Phi) is 6.21. The summed E-state index contributed by atoms with van der Waals surface area (Å²) in [5.74, 6) is 1.22. The van der Waals surface area contributed by atoms with Crippen LogP contribution in [0.15, 0.2) is 30.3 Å². The highest BCUT2D eigenvalue weighted by atomic mass is 35.5. The Balaban J connectivity index is 2.04. The van der Waals surface area contributed by atoms with E-state index >= 15 is 0 Å². The number of anilines is 2. The van der Waals surface area contributed by atoms with Crippen LogP contribution in [0.1, 0.15) is 17.7 Å². The van der Waals surface area contributed by atoms with Crippen molar-refractivity contribution >= 4 is 45.5 Å². The summed E-state index contributed by atoms with van der Waals surface area (Å²) in [5.41, 5.74) is 8.38. The molecule has 0 aliphatic carbocycles. The molecule has 0 spiro atoms. The van der Waals surface area contributed by atoms with Crippen molar-refractivity contribution in [2.75, 3.05) is 31.3 Å². The predicted molar refractivity (Wildman–Crippen MR) is 110 cm³/mol. The molecule has 0 fully saturated rings. The third-order valence-corrected chi connectivity index (χ3v) is 4.85. The number of halogens is 2. The molecule has 0 bridgehead atoms. The van der Waals surface area contributed by atoms with Crippen molar-refractivity contribution in [2.24, 2.45) is 0 Å². The number of nitrogens with one attached hydrogen (secondary N) is 1. The van der Waals surface area contributed by atoms with Gasteiger partial charge in [-0.05, 0) is 36.2 Å². The summed E-state index contributed by atoms with van der Waals surface area (Å²) >= 11 is 12.5. The van der Waals surface area contributed by atoms with Crippen LogP contribution in [0.2, 0.25) is 10.0 Å². The second-order valence-electron chi connectivity index (χ2n) is 6.03. The van der Waals surface area contributed by atoms with Gasteiger partial charge >= 0.3 is 0 Å². The number of aromatic nitrogens is 2. The molecule has 0 aliphatic heterocycles. The largest absolute Gasteiger partial charge is 0.495 e. The lowest BCUT2D eigenvalue weighted by atomic mass is 10.0. The Morgan fingerprint density at radius 1 is 1.15 bits per heavy atom. The average Bonchev–Trinajstić information content (AvgIpc) is 2.66. The number of nitrogen functional groups attached to an aromatic ring is 1. The van der Waals surface area contributed by atoms with E-state index in [2.05, 4.69) is 15.5 Å². The quantitative estimate of drug-likeness (QED) is 0.406. The molecule has 0 saturated heterocycles. The van der Waals surface area contributed by atoms with Crippen LogP contribution < -0.4 is 15.8 Å². The highest BCUT2D eigenvalue weighted by Crippen LogP contribution is 2.35. The van der Waals surface area contributed by atoms with E-state index in [0.717, 1.165) is 16.3 Å². The summed E-state index contributed by atoms with van der Waals surface area (Å²) in [6.07, 6.45) is 1.10. The fraction of sp³-hybridized carbons (Fsp3) is 0.263. The molecule has 6 nitrogen and oxygen atoms in total. The number of rotatable bonds is 7. The average molecular weight is 407 g/mol. The van der Waals surface area contributed by atoms with Crippen LogP contribution in [-0.2, 0) is 6.42 Å². The lowest BCUT2D eigenvalue weighted by molar-refractivity contribution is 0.292. The molecule has 0 saturated carbocycles. The summed E-state index contributed by atoms with van der Waals surface area (Å²) in [5, 5.41) is 23.4. The molecular formula is C19H20Cl2N4O2. The van der Waals surface area contributed by atoms with Gasteiger partial charge in [-0.3, -0.25) is 0 Å². The predicted octanol–water partition coefficient (Wildman–Crippen LogP) is 3.91. The summed E-state index contributed by atoms with van der Waals surface area (Å²) in [6.45, 7) is 0.679. The fourth-order valence-corrected chi connectivity index (χ4v) is 3.31. The van der Waals surface area contributed by atoms with Gasteiger partial charge in [0.05, 0.1) is 28.5 Å². The highest BCUT2D eigenvalue weighted by molar-refractivity contribution is 6.35. The van der Waals surface area contributed by atoms with E-state index in [-0.39, 0.29) is 6.61 Å². The molecule has 2 aromatic carbocycles. The van der Waals surface area contributed by atoms with Crippen LogP contribution in [0.5, 0.6) is 5.75 Å². The maximum Gasteiger partial charge on any atom is 0.156 e. The summed E-state index contributed by atoms with van der Waals surface area (Å²) in [7, 11) is 1.57. The van der Waals surface area contributed by atoms with E-state index in [4.69, 9.17) is 38.8 Å². The number of hydrogen-bond donors (Lipinski definition) is 3. The van der Waals surface area contributed by atoms with Gasteiger partial charge in [-0.1, -0.05) is 29.3 Å². The van der Waals surface area contributed by atoms with Gasteiger partial charge in [-0.25, -0.2) is 0 Å². The first-order chi connectivity index (χ1) is 13.0. The third kappa shape index (κ3) is 4.18. The zero-order valence-corrected chi connectivity index (χ0v) is 16.3. The number of hydrogen-bond acceptors (Lipinski definition) is 6. The number of benzene rings is 2. The molecule has 4 N–H and O–H groups in total. The number of aliphatic hydroxyl groups excluding tert-OH is 1. The minimum atomic E-state index is 0.0998. The molecule has 3 aromatic rings. The van der Waals surface area contributed by atoms with Gasteiger partial charge < -0.3 is 20.9 Å². The SMILES string of the molecule is COc1ccc(Cc2nnc(NCCCO)c3ccc(Cl)c(N)c23)cc1Cl. The van der Waals surface area contributed by atoms with E-state index in [0.29, 0.717) is 52.4 Å². The Labute approximate surface area is 167 Å². The zero-order valence-electron chi connectivity index (χ0n) is 14.8. The minimum Gasteiger partial charge on any atom is -0.495 e. The van der Waals surface area contributed by atoms with E-state index in [1.54, 1.807) is 13.2 Å². The molecule has 0 unspecified atom stereocenters. The van der Waals surface area contributed by atoms with Crippen molar-refractivity contribution in [3.63, 3.8) is 0 Å². The zero-order chi connectivity index (χ0) is 19.4. The van der Waals surface area contributed by atoms with Gasteiger partial charge in [0.1, 0.15) is 5.75 Å². The Hall–Kier alpha value is -2.28. The smallest absolute Gasteiger partial charge is 0.156 e. The Morgan fingerprint density at radius 2 is 1.96 bits per heavy atom. The molecule has 0 aliphatic rings. The maximum absolute atomic E-state index is 8.97. The molecule has 1 heterocycles. The van der Waals surface area contributed by atoms with Crippen molar-refractivity contribution < 1.29 is 9.84 Å². The number of fused-ring (bicyclic) bond motifs is 1. The van der Waals surface area contributed by atoms with Crippen molar-refractivity contribution in [2.45, 2.75) is 12.8 Å². The molecule has 27 heavy (non-hydrogen) atoms. The van der Waals surface area contributed by atoms with Crippen LogP contribution in [0, 0.1) is 0 Å². The van der Waals surface area contributed by atoms with Gasteiger partial charge in [0.15, 0.2) is 5.82 Å². The van der Waals surface area contributed by atoms with E-state index < -0.39 is 0 Å². The second kappa shape index (κ2) is 8.61. The third-order valence-electron chi connectivity index (χ3n) is 4.22. The van der Waals surface area contributed by atoms with Crippen molar-refractivity contribution in [1.29, 1.82) is 0 Å². The lowest BCUT2D eigenvalue weighted by Crippen LogP contribution is -2.09. The molecule has 8 heteroatoms. The number of nitrogens with two attached hydrogens (primary N) is 1. The van der Waals surface area contributed by atoms with E-state index in [1.165, 1.54) is 0 Å². The van der Waals surface area contributed by atoms with Gasteiger partial charge in [0, 0.05) is 30.3 Å². The van der Waals surface area contributed by atoms with Gasteiger partial charge in [-0.2, -0.15) is 5.10 Å². The molecular weight excluding hydrogens is 387 g/mol. The maximum atomic E-state index is 8.97. The van der Waals surface area contributed by atoms with Crippen LogP contribution in [0.4, 0.5) is 11.5 Å². The first kappa shape index (κ1) is 19.5. The number of ether oxygens (including phenoxy) is 1. The monoisotopic (exact) mass is 406 g/mol. The van der Waals surface area contributed by atoms with Crippen molar-refractivity contribution in [1.82, 2.24) is 10.2 Å². The Bertz CT molecular complexity index is 966. The molecule has 0 amide bonds. The van der Waals surface area contributed by atoms with Crippen LogP contribution in [0.25, 0.3) is 10.8 Å². The molecule has 0 radical (unpaired) electrons. The van der Waals surface area contributed by atoms with E-state index in [9.17, 15) is 0 Å². The number of methoxy groups -OCH3 is 1. The van der Waals surface area contributed by atoms with Crippen LogP contribution in [0.3, 0.4) is 0 Å². The van der Waals surface area contributed by atoms with Gasteiger partial charge in [-0.15, -0.1) is 5.10 Å². The fourth-order valence-electron chi connectivity index (χ4n) is 2.87. The topological polar surface area (TPSA) is 93.3 Å². The first-order valence-electron chi connectivity index (χ1n) is 8.45. The number of aliphatic hydroxyl groups is 1. The summed E-state index contributed by atoms with van der Waals surface area (Å²) < 4.78 is 5.19. The van der Waals surface area contributed by atoms with E-state index in [1.807, 2.05) is 24.3 Å². The van der Waals surface area contributed by atoms with Crippen molar-refractivity contribution in [3.05, 3.63) is 51.6 Å². The van der Waals surface area contributed by atoms with Crippen molar-refractivity contribution in [3.8, 4) is 5.75 Å². The normalized spacial score (nSPS) is 11.0. The molecule has 142 valence electrons. The first-order valence-corrected chi connectivity index (χ1v) is 9.21. The summed E-state index contributed by atoms with van der Waals surface area (Å²) in [4.78, 5) is 0. The summed E-state index contributed by atoms with van der Waals surface area (Å²) in [6, 6.07) is 9.18. The standard InChI is InChI=1S/C19H20Cl2N4O2/c1-27-16-6-3-11(9-14(16)21)10-15-17-12(4-5-13(20)18(17)22)19(25-24-15)23-7-2-8-26/h3-6,9,26H,2,7-8,10,22H2,1H3,(H,23,25). The van der Waals surface area contributed by atoms with Crippen LogP contribution >= 0.6 is 23.2 Å². The number of nitrogens with zero attached hydrogens (tertiary/aromatic N) is 2. The Morgan fingerprint density at radius 3 is 2.67 bits per heavy atom. The second-order valence-corrected chi connectivity index (χ2v) is 6.84. The van der Waals surface area contributed by atoms with Gasteiger partial charge in [0.2, 0.25) is 0 Å². The van der Waals surface area contributed by atoms with Gasteiger partial charge in [0.25, 0.3) is 0 Å². The molecule has 0 atom stereocenters. The van der Waals surface area contributed by atoms with Crippen LogP contribution in [-0.4, -0.2) is 35.6 Å². The molecule has 3 rings (SSSR count). The minimum absolute atomic E-state index is 0.0998.